The summed E-state index contributed by atoms with van der Waals surface area (Å²) < 4.78 is 55.0. The number of hydrogen-bond donors (Lipinski definition) is 2. The zero-order chi connectivity index (χ0) is 28.1. The van der Waals surface area contributed by atoms with E-state index >= 15 is 4.39 Å². The summed E-state index contributed by atoms with van der Waals surface area (Å²) in [5.41, 5.74) is 1.89. The molecule has 2 unspecified atom stereocenters. The molecule has 2 atom stereocenters. The van der Waals surface area contributed by atoms with Gasteiger partial charge in [0.1, 0.15) is 17.2 Å². The Kier molecular flexibility index (Phi) is 8.76. The van der Waals surface area contributed by atoms with Crippen LogP contribution in [-0.2, 0) is 11.3 Å². The maximum atomic E-state index is 15.3. The fourth-order valence-electron chi connectivity index (χ4n) is 4.55. The van der Waals surface area contributed by atoms with E-state index in [9.17, 15) is 18.0 Å². The van der Waals surface area contributed by atoms with E-state index in [0.717, 1.165) is 0 Å². The Morgan fingerprint density at radius 1 is 1.21 bits per heavy atom. The van der Waals surface area contributed by atoms with E-state index < -0.39 is 24.7 Å². The van der Waals surface area contributed by atoms with Crippen LogP contribution in [0, 0.1) is 5.82 Å². The third kappa shape index (κ3) is 5.71. The normalized spacial score (nSPS) is 17.3. The topological polar surface area (TPSA) is 118 Å². The van der Waals surface area contributed by atoms with E-state index in [2.05, 4.69) is 36.0 Å². The number of nitrogens with one attached hydrogen (secondary N) is 2. The Balaban J connectivity index is 0.00000172. The van der Waals surface area contributed by atoms with E-state index in [1.807, 2.05) is 0 Å². The molecule has 4 aromatic heterocycles. The Morgan fingerprint density at radius 2 is 2.00 bits per heavy atom. The molecule has 5 rings (SSSR count). The van der Waals surface area contributed by atoms with Crippen molar-refractivity contribution < 1.29 is 22.4 Å². The largest absolute Gasteiger partial charge is 0.371 e. The van der Waals surface area contributed by atoms with Gasteiger partial charge in [-0.2, -0.15) is 4.98 Å². The minimum absolute atomic E-state index is 0.0101. The highest BCUT2D eigenvalue weighted by Crippen LogP contribution is 2.33. The first-order valence-corrected chi connectivity index (χ1v) is 12.5. The van der Waals surface area contributed by atoms with Crippen LogP contribution in [0.25, 0.3) is 27.9 Å². The van der Waals surface area contributed by atoms with Crippen molar-refractivity contribution in [1.82, 2.24) is 39.5 Å². The van der Waals surface area contributed by atoms with Gasteiger partial charge in [0, 0.05) is 27.1 Å². The third-order valence-electron chi connectivity index (χ3n) is 6.49. The lowest BCUT2D eigenvalue weighted by Crippen LogP contribution is -2.49. The highest BCUT2D eigenvalue weighted by molar-refractivity contribution is 5.89. The Hall–Kier alpha value is -4.04. The number of carbonyl (C=O) groups excluding carboxylic acids is 1. The van der Waals surface area contributed by atoms with Crippen LogP contribution in [-0.4, -0.2) is 91.6 Å². The molecule has 0 radical (unpaired) electrons. The number of carbonyl (C=O) groups is 1. The summed E-state index contributed by atoms with van der Waals surface area (Å²) in [4.78, 5) is 22.1. The minimum atomic E-state index is -1.30. The fourth-order valence-corrected chi connectivity index (χ4v) is 4.55. The molecule has 1 amide bonds. The van der Waals surface area contributed by atoms with Crippen molar-refractivity contribution in [3.8, 4) is 11.3 Å². The second-order valence-electron chi connectivity index (χ2n) is 8.95. The number of aryl methyl sites for hydroxylation is 1. The number of aromatic nitrogens is 7. The van der Waals surface area contributed by atoms with Crippen molar-refractivity contribution in [3.05, 3.63) is 24.1 Å². The smallest absolute Gasteiger partial charge is 0.243 e. The number of pyridine rings is 1. The predicted molar refractivity (Wildman–Crippen MR) is 138 cm³/mol. The van der Waals surface area contributed by atoms with Crippen LogP contribution >= 0.6 is 0 Å². The molecule has 1 aliphatic rings. The van der Waals surface area contributed by atoms with E-state index in [0.29, 0.717) is 67.7 Å². The summed E-state index contributed by atoms with van der Waals surface area (Å²) in [7, 11) is 2.14. The van der Waals surface area contributed by atoms with Crippen molar-refractivity contribution >= 4 is 34.4 Å². The number of rotatable bonds is 8. The highest BCUT2D eigenvalue weighted by Gasteiger charge is 2.31. The molecular weight excluding hydrogens is 520 g/mol. The van der Waals surface area contributed by atoms with E-state index in [1.54, 1.807) is 23.9 Å². The zero-order valence-electron chi connectivity index (χ0n) is 21.8. The van der Waals surface area contributed by atoms with E-state index in [4.69, 9.17) is 0 Å². The number of nitrogens with zero attached hydrogens (tertiary/aromatic N) is 8. The molecule has 1 aliphatic heterocycles. The molecule has 15 heteroatoms. The maximum Gasteiger partial charge on any atom is 0.243 e. The van der Waals surface area contributed by atoms with Crippen molar-refractivity contribution in [3.63, 3.8) is 0 Å². The van der Waals surface area contributed by atoms with Crippen LogP contribution in [0.15, 0.2) is 18.3 Å². The van der Waals surface area contributed by atoms with Crippen LogP contribution < -0.4 is 10.6 Å². The second kappa shape index (κ2) is 12.2. The van der Waals surface area contributed by atoms with Crippen molar-refractivity contribution in [2.75, 3.05) is 44.6 Å². The lowest BCUT2D eigenvalue weighted by Gasteiger charge is -2.34. The van der Waals surface area contributed by atoms with Gasteiger partial charge in [0.15, 0.2) is 17.3 Å². The molecule has 0 aliphatic carbocycles. The fraction of sp³-hybridized carbons (Fsp3) is 0.500. The molecule has 0 spiro atoms. The molecule has 11 nitrogen and oxygen atoms in total. The SMILES string of the molecule is CF.CNc1nc(NC2CCN(C(C)=O)CC2F)nn2cc(F)c(-c3ccc4nnn(CCCCF)c4n3)c12. The van der Waals surface area contributed by atoms with Crippen molar-refractivity contribution in [1.29, 1.82) is 0 Å². The number of piperidine rings is 1. The van der Waals surface area contributed by atoms with Gasteiger partial charge in [-0.3, -0.25) is 13.6 Å². The van der Waals surface area contributed by atoms with E-state index in [1.165, 1.54) is 22.5 Å². The Morgan fingerprint density at radius 3 is 2.69 bits per heavy atom. The van der Waals surface area contributed by atoms with Gasteiger partial charge in [0.05, 0.1) is 43.9 Å². The first kappa shape index (κ1) is 28.0. The monoisotopic (exact) mass is 550 g/mol. The van der Waals surface area contributed by atoms with Gasteiger partial charge in [0.25, 0.3) is 0 Å². The van der Waals surface area contributed by atoms with Crippen LogP contribution in [0.3, 0.4) is 0 Å². The average Bonchev–Trinajstić information content (AvgIpc) is 3.49. The minimum Gasteiger partial charge on any atom is -0.371 e. The third-order valence-corrected chi connectivity index (χ3v) is 6.49. The lowest BCUT2D eigenvalue weighted by molar-refractivity contribution is -0.131. The van der Waals surface area contributed by atoms with Crippen LogP contribution in [0.5, 0.6) is 0 Å². The Bertz CT molecular complexity index is 1440. The van der Waals surface area contributed by atoms with Crippen molar-refractivity contribution in [2.24, 2.45) is 0 Å². The van der Waals surface area contributed by atoms with Crippen LogP contribution in [0.2, 0.25) is 0 Å². The average molecular weight is 551 g/mol. The number of hydrogen-bond acceptors (Lipinski definition) is 8. The first-order chi connectivity index (χ1) is 18.9. The van der Waals surface area contributed by atoms with Crippen molar-refractivity contribution in [2.45, 2.75) is 44.9 Å². The standard InChI is InChI=1S/C23H27F3N10O.CH3F/c1-13(37)34-10-7-16(14(25)11-34)29-23-30-21(27-2)20-19(15(26)12-36(20)32-23)17-5-6-18-22(28-17)35(33-31-18)9-4-3-8-24;1-2/h5-6,12,14,16H,3-4,7-11H2,1-2H3,(H2,27,29,30,32);1H3. The molecule has 1 fully saturated rings. The predicted octanol–water partition coefficient (Wildman–Crippen LogP) is 3.42. The number of likely N-dealkylation sites (tertiary alicyclic amines) is 1. The molecule has 4 aromatic rings. The number of halogens is 4. The number of anilines is 2. The quantitative estimate of drug-likeness (QED) is 0.253. The van der Waals surface area contributed by atoms with E-state index in [-0.39, 0.29) is 24.0 Å². The molecule has 39 heavy (non-hydrogen) atoms. The molecule has 1 saturated heterocycles. The number of fused-ring (bicyclic) bond motifs is 2. The van der Waals surface area contributed by atoms with Crippen LogP contribution in [0.1, 0.15) is 26.2 Å². The van der Waals surface area contributed by atoms with Gasteiger partial charge in [-0.05, 0) is 31.4 Å². The van der Waals surface area contributed by atoms with Gasteiger partial charge < -0.3 is 15.5 Å². The van der Waals surface area contributed by atoms with Gasteiger partial charge in [-0.1, -0.05) is 5.21 Å². The van der Waals surface area contributed by atoms with Gasteiger partial charge in [-0.25, -0.2) is 23.0 Å². The molecule has 0 saturated carbocycles. The first-order valence-electron chi connectivity index (χ1n) is 12.5. The van der Waals surface area contributed by atoms with Gasteiger partial charge in [-0.15, -0.1) is 10.2 Å². The highest BCUT2D eigenvalue weighted by atomic mass is 19.1. The molecule has 210 valence electrons. The molecule has 0 bridgehead atoms. The molecule has 5 heterocycles. The molecular formula is C24H30F4N10O. The number of amides is 1. The number of unbranched alkanes of at least 4 members (excludes halogenated alkanes) is 1. The summed E-state index contributed by atoms with van der Waals surface area (Å²) in [5, 5.41) is 18.5. The van der Waals surface area contributed by atoms with Gasteiger partial charge in [0.2, 0.25) is 11.9 Å². The molecule has 2 N–H and O–H groups in total. The maximum absolute atomic E-state index is 15.3. The zero-order valence-corrected chi connectivity index (χ0v) is 21.8. The van der Waals surface area contributed by atoms with Crippen LogP contribution in [0.4, 0.5) is 29.3 Å². The summed E-state index contributed by atoms with van der Waals surface area (Å²) in [6.07, 6.45) is 1.28. The Labute approximate surface area is 221 Å². The summed E-state index contributed by atoms with van der Waals surface area (Å²) in [5.74, 6) is -0.285. The summed E-state index contributed by atoms with van der Waals surface area (Å²) in [6, 6.07) is 2.75. The summed E-state index contributed by atoms with van der Waals surface area (Å²) >= 11 is 0. The van der Waals surface area contributed by atoms with Gasteiger partial charge >= 0.3 is 0 Å². The lowest BCUT2D eigenvalue weighted by atomic mass is 10.0. The number of alkyl halides is 3. The second-order valence-corrected chi connectivity index (χ2v) is 8.95. The molecule has 0 aromatic carbocycles. The summed E-state index contributed by atoms with van der Waals surface area (Å²) in [6.45, 7) is 1.85.